The summed E-state index contributed by atoms with van der Waals surface area (Å²) < 4.78 is 2.12. The van der Waals surface area contributed by atoms with Gasteiger partial charge in [0.1, 0.15) is 0 Å². The van der Waals surface area contributed by atoms with Gasteiger partial charge in [-0.15, -0.1) is 0 Å². The number of nitrogens with one attached hydrogen (secondary N) is 2. The molecule has 0 aromatic carbocycles. The van der Waals surface area contributed by atoms with Crippen molar-refractivity contribution < 1.29 is 4.79 Å². The maximum Gasteiger partial charge on any atom is 0.237 e. The molecular formula is C12H20N4O. The molecule has 2 N–H and O–H groups in total. The zero-order valence-electron chi connectivity index (χ0n) is 10.4. The molecule has 1 aromatic rings. The van der Waals surface area contributed by atoms with Crippen LogP contribution in [-0.4, -0.2) is 28.0 Å². The molecule has 5 heteroatoms. The van der Waals surface area contributed by atoms with E-state index >= 15 is 0 Å². The van der Waals surface area contributed by atoms with Crippen LogP contribution in [0.1, 0.15) is 38.4 Å². The van der Waals surface area contributed by atoms with Crippen molar-refractivity contribution in [3.05, 3.63) is 18.2 Å². The summed E-state index contributed by atoms with van der Waals surface area (Å²) in [6, 6.07) is 0.341. The monoisotopic (exact) mass is 236 g/mol. The van der Waals surface area contributed by atoms with Crippen LogP contribution in [-0.2, 0) is 11.3 Å². The first-order valence-corrected chi connectivity index (χ1v) is 6.20. The lowest BCUT2D eigenvalue weighted by molar-refractivity contribution is -0.124. The Bertz CT molecular complexity index is 386. The molecule has 0 spiro atoms. The number of nitrogens with zero attached hydrogens (tertiary/aromatic N) is 2. The average molecular weight is 236 g/mol. The Morgan fingerprint density at radius 2 is 2.47 bits per heavy atom. The Balaban J connectivity index is 1.92. The van der Waals surface area contributed by atoms with E-state index in [1.807, 2.05) is 12.5 Å². The van der Waals surface area contributed by atoms with Gasteiger partial charge < -0.3 is 15.2 Å². The zero-order valence-corrected chi connectivity index (χ0v) is 10.4. The summed E-state index contributed by atoms with van der Waals surface area (Å²) in [6.45, 7) is 5.74. The Kier molecular flexibility index (Phi) is 3.78. The molecule has 1 unspecified atom stereocenters. The standard InChI is InChI=1S/C12H20N4O/c1-9(2)16-8-13-6-10(16)7-15-11-4-3-5-14-12(11)17/h6,8-9,11,15H,3-5,7H2,1-2H3,(H,14,17). The summed E-state index contributed by atoms with van der Waals surface area (Å²) in [6.07, 6.45) is 5.66. The molecule has 1 aliphatic heterocycles. The molecule has 17 heavy (non-hydrogen) atoms. The number of amides is 1. The summed E-state index contributed by atoms with van der Waals surface area (Å²) in [5.41, 5.74) is 1.12. The van der Waals surface area contributed by atoms with Gasteiger partial charge in [-0.3, -0.25) is 4.79 Å². The summed E-state index contributed by atoms with van der Waals surface area (Å²) >= 11 is 0. The minimum absolute atomic E-state index is 0.0562. The second kappa shape index (κ2) is 5.31. The summed E-state index contributed by atoms with van der Waals surface area (Å²) in [4.78, 5) is 15.7. The highest BCUT2D eigenvalue weighted by atomic mass is 16.2. The quantitative estimate of drug-likeness (QED) is 0.814. The van der Waals surface area contributed by atoms with Crippen molar-refractivity contribution in [3.63, 3.8) is 0 Å². The summed E-state index contributed by atoms with van der Waals surface area (Å²) in [5.74, 6) is 0.117. The number of hydrogen-bond acceptors (Lipinski definition) is 3. The minimum atomic E-state index is -0.0562. The number of rotatable bonds is 4. The predicted molar refractivity (Wildman–Crippen MR) is 65.5 cm³/mol. The fourth-order valence-corrected chi connectivity index (χ4v) is 2.13. The summed E-state index contributed by atoms with van der Waals surface area (Å²) in [7, 11) is 0. The van der Waals surface area contributed by atoms with Gasteiger partial charge in [0.05, 0.1) is 18.1 Å². The molecular weight excluding hydrogens is 216 g/mol. The van der Waals surface area contributed by atoms with Crippen molar-refractivity contribution in [2.75, 3.05) is 6.54 Å². The molecule has 1 saturated heterocycles. The molecule has 2 heterocycles. The van der Waals surface area contributed by atoms with Crippen LogP contribution in [0.5, 0.6) is 0 Å². The Morgan fingerprint density at radius 1 is 1.65 bits per heavy atom. The first kappa shape index (κ1) is 12.1. The molecule has 1 amide bonds. The lowest BCUT2D eigenvalue weighted by atomic mass is 10.1. The molecule has 1 atom stereocenters. The van der Waals surface area contributed by atoms with Crippen molar-refractivity contribution in [1.82, 2.24) is 20.2 Å². The molecule has 1 aromatic heterocycles. The SMILES string of the molecule is CC(C)n1cncc1CNC1CCCNC1=O. The molecule has 5 nitrogen and oxygen atoms in total. The number of carbonyl (C=O) groups excluding carboxylic acids is 1. The second-order valence-corrected chi connectivity index (χ2v) is 4.75. The highest BCUT2D eigenvalue weighted by Crippen LogP contribution is 2.10. The number of piperidine rings is 1. The molecule has 0 aliphatic carbocycles. The van der Waals surface area contributed by atoms with E-state index in [4.69, 9.17) is 0 Å². The van der Waals surface area contributed by atoms with Gasteiger partial charge in [-0.2, -0.15) is 0 Å². The fourth-order valence-electron chi connectivity index (χ4n) is 2.13. The molecule has 0 saturated carbocycles. The lowest BCUT2D eigenvalue weighted by Gasteiger charge is -2.23. The van der Waals surface area contributed by atoms with Crippen molar-refractivity contribution in [2.24, 2.45) is 0 Å². The van der Waals surface area contributed by atoms with Crippen molar-refractivity contribution in [2.45, 2.75) is 45.3 Å². The van der Waals surface area contributed by atoms with E-state index in [1.54, 1.807) is 0 Å². The Hall–Kier alpha value is -1.36. The molecule has 2 rings (SSSR count). The number of carbonyl (C=O) groups is 1. The highest BCUT2D eigenvalue weighted by molar-refractivity contribution is 5.82. The van der Waals surface area contributed by atoms with Crippen LogP contribution in [0.15, 0.2) is 12.5 Å². The third kappa shape index (κ3) is 2.85. The van der Waals surface area contributed by atoms with Crippen LogP contribution in [0.2, 0.25) is 0 Å². The largest absolute Gasteiger partial charge is 0.355 e. The fraction of sp³-hybridized carbons (Fsp3) is 0.667. The van der Waals surface area contributed by atoms with Crippen LogP contribution in [0.25, 0.3) is 0 Å². The lowest BCUT2D eigenvalue weighted by Crippen LogP contribution is -2.48. The normalized spacial score (nSPS) is 20.6. The number of imidazole rings is 1. The van der Waals surface area contributed by atoms with E-state index in [1.165, 1.54) is 0 Å². The number of aromatic nitrogens is 2. The van der Waals surface area contributed by atoms with Crippen LogP contribution in [0.4, 0.5) is 0 Å². The minimum Gasteiger partial charge on any atom is -0.355 e. The van der Waals surface area contributed by atoms with Crippen LogP contribution in [0, 0.1) is 0 Å². The van der Waals surface area contributed by atoms with E-state index in [0.29, 0.717) is 12.6 Å². The van der Waals surface area contributed by atoms with E-state index in [9.17, 15) is 4.79 Å². The molecule has 94 valence electrons. The van der Waals surface area contributed by atoms with Gasteiger partial charge in [-0.1, -0.05) is 0 Å². The second-order valence-electron chi connectivity index (χ2n) is 4.75. The van der Waals surface area contributed by atoms with Crippen molar-refractivity contribution in [1.29, 1.82) is 0 Å². The topological polar surface area (TPSA) is 59.0 Å². The van der Waals surface area contributed by atoms with Gasteiger partial charge in [0.15, 0.2) is 0 Å². The first-order valence-electron chi connectivity index (χ1n) is 6.20. The Labute approximate surface area is 102 Å². The average Bonchev–Trinajstić information content (AvgIpc) is 2.76. The van der Waals surface area contributed by atoms with E-state index in [2.05, 4.69) is 34.0 Å². The van der Waals surface area contributed by atoms with E-state index in [0.717, 1.165) is 25.1 Å². The third-order valence-electron chi connectivity index (χ3n) is 3.12. The van der Waals surface area contributed by atoms with Gasteiger partial charge in [-0.05, 0) is 26.7 Å². The molecule has 1 fully saturated rings. The zero-order chi connectivity index (χ0) is 12.3. The van der Waals surface area contributed by atoms with Crippen molar-refractivity contribution in [3.8, 4) is 0 Å². The van der Waals surface area contributed by atoms with Gasteiger partial charge in [0, 0.05) is 25.3 Å². The maximum absolute atomic E-state index is 11.6. The summed E-state index contributed by atoms with van der Waals surface area (Å²) in [5, 5.41) is 6.17. The molecule has 0 bridgehead atoms. The van der Waals surface area contributed by atoms with Gasteiger partial charge in [0.2, 0.25) is 5.91 Å². The highest BCUT2D eigenvalue weighted by Gasteiger charge is 2.21. The van der Waals surface area contributed by atoms with Crippen LogP contribution >= 0.6 is 0 Å². The van der Waals surface area contributed by atoms with Gasteiger partial charge >= 0.3 is 0 Å². The van der Waals surface area contributed by atoms with E-state index < -0.39 is 0 Å². The predicted octanol–water partition coefficient (Wildman–Crippen LogP) is 0.832. The number of hydrogen-bond donors (Lipinski definition) is 2. The first-order chi connectivity index (χ1) is 8.18. The Morgan fingerprint density at radius 3 is 3.18 bits per heavy atom. The van der Waals surface area contributed by atoms with E-state index in [-0.39, 0.29) is 11.9 Å². The third-order valence-corrected chi connectivity index (χ3v) is 3.12. The van der Waals surface area contributed by atoms with Crippen molar-refractivity contribution >= 4 is 5.91 Å². The van der Waals surface area contributed by atoms with Gasteiger partial charge in [-0.25, -0.2) is 4.98 Å². The smallest absolute Gasteiger partial charge is 0.237 e. The van der Waals surface area contributed by atoms with Crippen LogP contribution in [0.3, 0.4) is 0 Å². The van der Waals surface area contributed by atoms with Gasteiger partial charge in [0.25, 0.3) is 0 Å². The molecule has 0 radical (unpaired) electrons. The molecule has 1 aliphatic rings. The maximum atomic E-state index is 11.6. The van der Waals surface area contributed by atoms with Crippen LogP contribution < -0.4 is 10.6 Å².